The maximum atomic E-state index is 13.7. The van der Waals surface area contributed by atoms with Crippen molar-refractivity contribution in [2.75, 3.05) is 20.7 Å². The van der Waals surface area contributed by atoms with Crippen molar-refractivity contribution >= 4 is 23.2 Å². The molecule has 1 fully saturated rings. The first-order valence-corrected chi connectivity index (χ1v) is 11.3. The Morgan fingerprint density at radius 2 is 1.94 bits per heavy atom. The lowest BCUT2D eigenvalue weighted by Crippen LogP contribution is -2.65. The zero-order valence-electron chi connectivity index (χ0n) is 19.7. The van der Waals surface area contributed by atoms with Gasteiger partial charge >= 0.3 is 0 Å². The molecule has 35 heavy (non-hydrogen) atoms. The molecule has 4 rings (SSSR count). The first-order valence-electron chi connectivity index (χ1n) is 11.3. The average molecular weight is 488 g/mol. The molecule has 11 nitrogen and oxygen atoms in total. The standard InChI is InChI=1S/C24H29N3O8/c1-4-35-26-9-10-5-6-14(28)16-12(10)7-11-8-13-18(27(2)3)20(30)17(23(25)33)22(32)24(13,34)21(31)15(11)19(16)29/h5-6,11,13,18,26,28-29,32,34H,4,7-9H2,1-3H3,(H2,25,33)/t11-,13-,18+,24-/m0/s1. The minimum Gasteiger partial charge on any atom is -0.508 e. The van der Waals surface area contributed by atoms with Gasteiger partial charge in [0.15, 0.2) is 11.4 Å². The highest BCUT2D eigenvalue weighted by molar-refractivity contribution is 6.24. The van der Waals surface area contributed by atoms with Gasteiger partial charge < -0.3 is 31.0 Å². The smallest absolute Gasteiger partial charge is 0.255 e. The van der Waals surface area contributed by atoms with Crippen LogP contribution in [0.3, 0.4) is 0 Å². The van der Waals surface area contributed by atoms with Crippen molar-refractivity contribution in [1.82, 2.24) is 10.4 Å². The van der Waals surface area contributed by atoms with Crippen molar-refractivity contribution in [3.63, 3.8) is 0 Å². The van der Waals surface area contributed by atoms with E-state index in [0.29, 0.717) is 12.2 Å². The number of aliphatic hydroxyl groups excluding tert-OH is 2. The van der Waals surface area contributed by atoms with E-state index in [9.17, 15) is 34.8 Å². The molecule has 4 atom stereocenters. The summed E-state index contributed by atoms with van der Waals surface area (Å²) < 4.78 is 0. The zero-order chi connectivity index (χ0) is 25.8. The van der Waals surface area contributed by atoms with Gasteiger partial charge in [-0.05, 0) is 57.0 Å². The molecule has 1 aromatic rings. The number of phenolic OH excluding ortho intramolecular Hbond substituents is 1. The fraction of sp³-hybridized carbons (Fsp3) is 0.458. The first-order chi connectivity index (χ1) is 16.5. The number of aromatic hydroxyl groups is 1. The Morgan fingerprint density at radius 3 is 2.54 bits per heavy atom. The number of carbonyl (C=O) groups is 3. The molecule has 1 saturated carbocycles. The lowest BCUT2D eigenvalue weighted by molar-refractivity contribution is -0.153. The van der Waals surface area contributed by atoms with Crippen LogP contribution in [0.4, 0.5) is 0 Å². The van der Waals surface area contributed by atoms with E-state index in [-0.39, 0.29) is 36.3 Å². The van der Waals surface area contributed by atoms with E-state index in [2.05, 4.69) is 5.48 Å². The van der Waals surface area contributed by atoms with Crippen molar-refractivity contribution in [1.29, 1.82) is 0 Å². The number of likely N-dealkylation sites (N-methyl/N-ethyl adjacent to an activating group) is 1. The van der Waals surface area contributed by atoms with Crippen LogP contribution in [-0.2, 0) is 32.2 Å². The molecule has 1 amide bonds. The van der Waals surface area contributed by atoms with Gasteiger partial charge in [0.2, 0.25) is 5.78 Å². The van der Waals surface area contributed by atoms with Gasteiger partial charge in [0.25, 0.3) is 5.91 Å². The van der Waals surface area contributed by atoms with Gasteiger partial charge in [-0.3, -0.25) is 19.3 Å². The number of rotatable bonds is 6. The summed E-state index contributed by atoms with van der Waals surface area (Å²) in [7, 11) is 3.12. The maximum Gasteiger partial charge on any atom is 0.255 e. The lowest BCUT2D eigenvalue weighted by Gasteiger charge is -2.50. The summed E-state index contributed by atoms with van der Waals surface area (Å²) in [6.45, 7) is 2.52. The summed E-state index contributed by atoms with van der Waals surface area (Å²) in [6.07, 6.45) is 0.270. The van der Waals surface area contributed by atoms with Crippen LogP contribution in [0.5, 0.6) is 5.75 Å². The van der Waals surface area contributed by atoms with Crippen LogP contribution in [-0.4, -0.2) is 75.1 Å². The lowest BCUT2D eigenvalue weighted by atomic mass is 9.57. The fourth-order valence-electron chi connectivity index (χ4n) is 5.70. The number of benzene rings is 1. The summed E-state index contributed by atoms with van der Waals surface area (Å²) in [5.74, 6) is -6.69. The zero-order valence-corrected chi connectivity index (χ0v) is 19.7. The summed E-state index contributed by atoms with van der Waals surface area (Å²) >= 11 is 0. The number of Topliss-reactive ketones (excluding diaryl/α,β-unsaturated/α-hetero) is 2. The maximum absolute atomic E-state index is 13.7. The van der Waals surface area contributed by atoms with E-state index in [1.165, 1.54) is 11.0 Å². The number of nitrogens with zero attached hydrogens (tertiary/aromatic N) is 1. The van der Waals surface area contributed by atoms with Gasteiger partial charge in [0.1, 0.15) is 22.8 Å². The largest absolute Gasteiger partial charge is 0.508 e. The van der Waals surface area contributed by atoms with E-state index >= 15 is 0 Å². The molecule has 11 heteroatoms. The Morgan fingerprint density at radius 1 is 1.26 bits per heavy atom. The van der Waals surface area contributed by atoms with Gasteiger partial charge in [-0.15, -0.1) is 0 Å². The molecule has 0 radical (unpaired) electrons. The second-order valence-electron chi connectivity index (χ2n) is 9.31. The molecule has 3 aliphatic rings. The highest BCUT2D eigenvalue weighted by Crippen LogP contribution is 2.52. The first kappa shape index (κ1) is 24.9. The number of nitrogens with one attached hydrogen (secondary N) is 1. The number of nitrogens with two attached hydrogens (primary N) is 1. The Kier molecular flexibility index (Phi) is 6.22. The molecule has 0 aliphatic heterocycles. The van der Waals surface area contributed by atoms with Crippen LogP contribution in [0.25, 0.3) is 5.76 Å². The van der Waals surface area contributed by atoms with Crippen LogP contribution in [0.1, 0.15) is 30.0 Å². The number of phenols is 1. The van der Waals surface area contributed by atoms with E-state index in [4.69, 9.17) is 10.6 Å². The third-order valence-electron chi connectivity index (χ3n) is 7.21. The fourth-order valence-corrected chi connectivity index (χ4v) is 5.70. The Hall–Kier alpha value is -3.25. The molecule has 188 valence electrons. The number of amides is 1. The molecule has 0 spiro atoms. The monoisotopic (exact) mass is 487 g/mol. The van der Waals surface area contributed by atoms with Gasteiger partial charge in [-0.25, -0.2) is 0 Å². The van der Waals surface area contributed by atoms with Crippen LogP contribution < -0.4 is 11.2 Å². The number of carbonyl (C=O) groups excluding carboxylic acids is 3. The van der Waals surface area contributed by atoms with Crippen LogP contribution >= 0.6 is 0 Å². The number of ketones is 2. The van der Waals surface area contributed by atoms with Crippen LogP contribution in [0.2, 0.25) is 0 Å². The van der Waals surface area contributed by atoms with Crippen molar-refractivity contribution in [3.8, 4) is 5.75 Å². The normalized spacial score (nSPS) is 28.2. The van der Waals surface area contributed by atoms with E-state index in [1.54, 1.807) is 20.2 Å². The molecule has 0 aromatic heterocycles. The molecule has 7 N–H and O–H groups in total. The van der Waals surface area contributed by atoms with Crippen LogP contribution in [0, 0.1) is 11.8 Å². The number of aliphatic hydroxyl groups is 3. The number of hydroxylamine groups is 1. The molecular formula is C24H29N3O8. The van der Waals surface area contributed by atoms with Crippen LogP contribution in [0.15, 0.2) is 29.0 Å². The molecule has 3 aliphatic carbocycles. The highest BCUT2D eigenvalue weighted by atomic mass is 16.6. The van der Waals surface area contributed by atoms with Gasteiger partial charge in [0, 0.05) is 18.0 Å². The third kappa shape index (κ3) is 3.54. The number of hydrogen-bond acceptors (Lipinski definition) is 10. The third-order valence-corrected chi connectivity index (χ3v) is 7.21. The number of primary amides is 1. The Bertz CT molecular complexity index is 1190. The van der Waals surface area contributed by atoms with E-state index in [0.717, 1.165) is 5.56 Å². The van der Waals surface area contributed by atoms with Crippen molar-refractivity contribution in [2.45, 2.75) is 38.0 Å². The molecule has 0 bridgehead atoms. The van der Waals surface area contributed by atoms with Gasteiger partial charge in [0.05, 0.1) is 18.2 Å². The van der Waals surface area contributed by atoms with Gasteiger partial charge in [-0.2, -0.15) is 5.48 Å². The predicted molar refractivity (Wildman–Crippen MR) is 123 cm³/mol. The molecule has 0 heterocycles. The summed E-state index contributed by atoms with van der Waals surface area (Å²) in [6, 6.07) is 1.95. The van der Waals surface area contributed by atoms with Gasteiger partial charge in [-0.1, -0.05) is 6.07 Å². The SMILES string of the molecule is CCONCc1ccc(O)c2c1C[C@H]1C[C@H]3[C@@H](N(C)C)C(=O)C(C(N)=O)=C(O)[C@@]3(O)C(=O)C1=C2O. The Labute approximate surface area is 201 Å². The summed E-state index contributed by atoms with van der Waals surface area (Å²) in [5, 5.41) is 44.1. The summed E-state index contributed by atoms with van der Waals surface area (Å²) in [5.41, 5.74) is 5.84. The second-order valence-corrected chi connectivity index (χ2v) is 9.31. The molecule has 0 saturated heterocycles. The molecule has 1 aromatic carbocycles. The van der Waals surface area contributed by atoms with Crippen molar-refractivity contribution in [3.05, 3.63) is 45.7 Å². The van der Waals surface area contributed by atoms with Crippen molar-refractivity contribution < 1.29 is 39.6 Å². The molecular weight excluding hydrogens is 458 g/mol. The second kappa shape index (κ2) is 8.76. The highest BCUT2D eigenvalue weighted by Gasteiger charge is 2.64. The quantitative estimate of drug-likeness (QED) is 0.181. The average Bonchev–Trinajstić information content (AvgIpc) is 2.77. The summed E-state index contributed by atoms with van der Waals surface area (Å²) in [4.78, 5) is 45.5. The minimum atomic E-state index is -2.64. The minimum absolute atomic E-state index is 0.0414. The Balaban J connectivity index is 1.91. The molecule has 0 unspecified atom stereocenters. The van der Waals surface area contributed by atoms with E-state index < -0.39 is 58.0 Å². The number of hydrogen-bond donors (Lipinski definition) is 6. The van der Waals surface area contributed by atoms with Crippen molar-refractivity contribution in [2.24, 2.45) is 17.6 Å². The topological polar surface area (TPSA) is 183 Å². The van der Waals surface area contributed by atoms with E-state index in [1.807, 2.05) is 6.92 Å². The number of fused-ring (bicyclic) bond motifs is 3. The predicted octanol–water partition coefficient (Wildman–Crippen LogP) is 0.00510.